The molecule has 0 saturated heterocycles. The van der Waals surface area contributed by atoms with Gasteiger partial charge in [0.25, 0.3) is 0 Å². The van der Waals surface area contributed by atoms with Crippen LogP contribution in [-0.4, -0.2) is 9.97 Å². The molecule has 1 heterocycles. The number of imidazole rings is 1. The van der Waals surface area contributed by atoms with Gasteiger partial charge in [0.1, 0.15) is 0 Å². The van der Waals surface area contributed by atoms with Gasteiger partial charge in [0.15, 0.2) is 0 Å². The molecule has 0 amide bonds. The first kappa shape index (κ1) is 11.0. The molecule has 0 saturated carbocycles. The van der Waals surface area contributed by atoms with Crippen LogP contribution in [0.4, 0.5) is 0 Å². The Labute approximate surface area is 94.9 Å². The Morgan fingerprint density at radius 3 is 1.56 bits per heavy atom. The van der Waals surface area contributed by atoms with E-state index in [0.29, 0.717) is 11.8 Å². The predicted octanol–water partition coefficient (Wildman–Crippen LogP) is 3.10. The van der Waals surface area contributed by atoms with Crippen molar-refractivity contribution in [2.75, 3.05) is 0 Å². The van der Waals surface area contributed by atoms with Gasteiger partial charge in [0.05, 0.1) is 11.0 Å². The lowest BCUT2D eigenvalue weighted by atomic mass is 9.95. The highest BCUT2D eigenvalue weighted by Gasteiger charge is 2.13. The summed E-state index contributed by atoms with van der Waals surface area (Å²) in [5, 5.41) is 0. The van der Waals surface area contributed by atoms with E-state index >= 15 is 0 Å². The van der Waals surface area contributed by atoms with E-state index in [9.17, 15) is 4.79 Å². The van der Waals surface area contributed by atoms with Crippen molar-refractivity contribution in [3.8, 4) is 0 Å². The van der Waals surface area contributed by atoms with E-state index in [2.05, 4.69) is 49.8 Å². The third kappa shape index (κ3) is 1.66. The fraction of sp³-hybridized carbons (Fsp3) is 0.462. The first-order valence-electron chi connectivity index (χ1n) is 5.75. The van der Waals surface area contributed by atoms with Crippen LogP contribution in [0.2, 0.25) is 0 Å². The van der Waals surface area contributed by atoms with Gasteiger partial charge >= 0.3 is 5.69 Å². The zero-order valence-corrected chi connectivity index (χ0v) is 10.2. The highest BCUT2D eigenvalue weighted by molar-refractivity contribution is 5.82. The number of rotatable bonds is 2. The molecular weight excluding hydrogens is 200 g/mol. The Morgan fingerprint density at radius 2 is 1.25 bits per heavy atom. The first-order valence-corrected chi connectivity index (χ1v) is 5.75. The predicted molar refractivity (Wildman–Crippen MR) is 67.1 cm³/mol. The van der Waals surface area contributed by atoms with Gasteiger partial charge in [-0.15, -0.1) is 0 Å². The zero-order valence-electron chi connectivity index (χ0n) is 10.2. The molecule has 1 aromatic carbocycles. The average molecular weight is 218 g/mol. The third-order valence-electron chi connectivity index (χ3n) is 2.99. The molecule has 2 N–H and O–H groups in total. The van der Waals surface area contributed by atoms with Crippen molar-refractivity contribution in [3.63, 3.8) is 0 Å². The maximum atomic E-state index is 11.4. The number of aromatic nitrogens is 2. The number of hydrogen-bond acceptors (Lipinski definition) is 1. The number of aromatic amines is 2. The van der Waals surface area contributed by atoms with Gasteiger partial charge in [-0.1, -0.05) is 39.8 Å². The van der Waals surface area contributed by atoms with Crippen LogP contribution in [0.1, 0.15) is 50.7 Å². The molecule has 86 valence electrons. The van der Waals surface area contributed by atoms with E-state index in [-0.39, 0.29) is 5.69 Å². The summed E-state index contributed by atoms with van der Waals surface area (Å²) in [6, 6.07) is 4.23. The van der Waals surface area contributed by atoms with E-state index in [1.165, 1.54) is 11.1 Å². The van der Waals surface area contributed by atoms with Crippen molar-refractivity contribution in [2.24, 2.45) is 0 Å². The first-order chi connectivity index (χ1) is 7.50. The molecule has 0 spiro atoms. The van der Waals surface area contributed by atoms with Crippen LogP contribution in [0.15, 0.2) is 16.9 Å². The lowest BCUT2D eigenvalue weighted by molar-refractivity contribution is 0.856. The normalized spacial score (nSPS) is 11.9. The molecule has 0 fully saturated rings. The summed E-state index contributed by atoms with van der Waals surface area (Å²) in [4.78, 5) is 17.2. The maximum Gasteiger partial charge on any atom is 0.323 e. The van der Waals surface area contributed by atoms with Gasteiger partial charge in [0.2, 0.25) is 0 Å². The van der Waals surface area contributed by atoms with E-state index in [4.69, 9.17) is 0 Å². The Bertz CT molecular complexity index is 513. The second-order valence-corrected chi connectivity index (χ2v) is 4.88. The van der Waals surface area contributed by atoms with Crippen LogP contribution in [0.25, 0.3) is 11.0 Å². The molecule has 3 heteroatoms. The summed E-state index contributed by atoms with van der Waals surface area (Å²) in [5.41, 5.74) is 4.19. The second kappa shape index (κ2) is 3.81. The lowest BCUT2D eigenvalue weighted by Gasteiger charge is -2.11. The van der Waals surface area contributed by atoms with Crippen molar-refractivity contribution in [1.82, 2.24) is 9.97 Å². The van der Waals surface area contributed by atoms with Crippen molar-refractivity contribution in [1.29, 1.82) is 0 Å². The SMILES string of the molecule is CC(C)c1ccc(C(C)C)c2[nH]c(=O)[nH]c12. The summed E-state index contributed by atoms with van der Waals surface area (Å²) in [7, 11) is 0. The molecule has 3 nitrogen and oxygen atoms in total. The Morgan fingerprint density at radius 1 is 0.875 bits per heavy atom. The molecule has 0 unspecified atom stereocenters. The molecule has 16 heavy (non-hydrogen) atoms. The standard InChI is InChI=1S/C13H18N2O/c1-7(2)9-5-6-10(8(3)4)12-11(9)14-13(16)15-12/h5-8H,1-4H3,(H2,14,15,16). The van der Waals surface area contributed by atoms with Crippen LogP contribution in [0.5, 0.6) is 0 Å². The van der Waals surface area contributed by atoms with E-state index in [1.54, 1.807) is 0 Å². The van der Waals surface area contributed by atoms with Crippen LogP contribution in [0, 0.1) is 0 Å². The largest absolute Gasteiger partial charge is 0.323 e. The zero-order chi connectivity index (χ0) is 11.9. The number of H-pyrrole nitrogens is 2. The van der Waals surface area contributed by atoms with Gasteiger partial charge in [-0.05, 0) is 23.0 Å². The molecule has 2 aromatic rings. The topological polar surface area (TPSA) is 48.6 Å². The molecule has 0 atom stereocenters. The average Bonchev–Trinajstić information content (AvgIpc) is 2.56. The minimum absolute atomic E-state index is 0.120. The van der Waals surface area contributed by atoms with E-state index < -0.39 is 0 Å². The fourth-order valence-electron chi connectivity index (χ4n) is 2.12. The van der Waals surface area contributed by atoms with Crippen molar-refractivity contribution in [3.05, 3.63) is 33.7 Å². The summed E-state index contributed by atoms with van der Waals surface area (Å²) >= 11 is 0. The van der Waals surface area contributed by atoms with Crippen LogP contribution >= 0.6 is 0 Å². The van der Waals surface area contributed by atoms with Crippen molar-refractivity contribution in [2.45, 2.75) is 39.5 Å². The van der Waals surface area contributed by atoms with E-state index in [0.717, 1.165) is 11.0 Å². The highest BCUT2D eigenvalue weighted by atomic mass is 16.1. The van der Waals surface area contributed by atoms with Crippen LogP contribution in [0.3, 0.4) is 0 Å². The molecule has 2 rings (SSSR count). The minimum atomic E-state index is -0.120. The van der Waals surface area contributed by atoms with Gasteiger partial charge < -0.3 is 9.97 Å². The van der Waals surface area contributed by atoms with Crippen molar-refractivity contribution >= 4 is 11.0 Å². The van der Waals surface area contributed by atoms with Gasteiger partial charge in [0, 0.05) is 0 Å². The summed E-state index contributed by atoms with van der Waals surface area (Å²) in [5.74, 6) is 0.824. The Balaban J connectivity index is 2.81. The van der Waals surface area contributed by atoms with Crippen molar-refractivity contribution < 1.29 is 0 Å². The summed E-state index contributed by atoms with van der Waals surface area (Å²) in [6.45, 7) is 8.54. The second-order valence-electron chi connectivity index (χ2n) is 4.88. The smallest absolute Gasteiger partial charge is 0.305 e. The van der Waals surface area contributed by atoms with E-state index in [1.807, 2.05) is 0 Å². The Kier molecular flexibility index (Phi) is 2.62. The molecule has 1 aromatic heterocycles. The number of fused-ring (bicyclic) bond motifs is 1. The fourth-order valence-corrected chi connectivity index (χ4v) is 2.12. The molecule has 0 bridgehead atoms. The quantitative estimate of drug-likeness (QED) is 0.799. The maximum absolute atomic E-state index is 11.4. The number of nitrogens with one attached hydrogen (secondary N) is 2. The van der Waals surface area contributed by atoms with Crippen LogP contribution < -0.4 is 5.69 Å². The van der Waals surface area contributed by atoms with Gasteiger partial charge in [-0.3, -0.25) is 0 Å². The molecule has 0 radical (unpaired) electrons. The molecule has 0 aliphatic heterocycles. The number of hydrogen-bond donors (Lipinski definition) is 2. The molecular formula is C13H18N2O. The van der Waals surface area contributed by atoms with Gasteiger partial charge in [-0.25, -0.2) is 4.79 Å². The monoisotopic (exact) mass is 218 g/mol. The highest BCUT2D eigenvalue weighted by Crippen LogP contribution is 2.28. The third-order valence-corrected chi connectivity index (χ3v) is 2.99. The van der Waals surface area contributed by atoms with Gasteiger partial charge in [-0.2, -0.15) is 0 Å². The number of benzene rings is 1. The lowest BCUT2D eigenvalue weighted by Crippen LogP contribution is -2.00. The van der Waals surface area contributed by atoms with Crippen LogP contribution in [-0.2, 0) is 0 Å². The molecule has 0 aliphatic carbocycles. The summed E-state index contributed by atoms with van der Waals surface area (Å²) in [6.07, 6.45) is 0. The minimum Gasteiger partial charge on any atom is -0.305 e. The summed E-state index contributed by atoms with van der Waals surface area (Å²) < 4.78 is 0. The molecule has 0 aliphatic rings. The Hall–Kier alpha value is -1.51.